The molecule has 0 aliphatic rings. The van der Waals surface area contributed by atoms with Gasteiger partial charge in [0.2, 0.25) is 0 Å². The second kappa shape index (κ2) is 7.00. The van der Waals surface area contributed by atoms with Crippen LogP contribution in [-0.2, 0) is 16.6 Å². The van der Waals surface area contributed by atoms with Gasteiger partial charge in [-0.15, -0.1) is 0 Å². The third-order valence-corrected chi connectivity index (χ3v) is 3.77. The average Bonchev–Trinajstić information content (AvgIpc) is 3.05. The largest absolute Gasteiger partial charge is 0.452 e. The van der Waals surface area contributed by atoms with Gasteiger partial charge in [0.25, 0.3) is 11.8 Å². The Balaban J connectivity index is 1.63. The summed E-state index contributed by atoms with van der Waals surface area (Å²) in [5.41, 5.74) is 0.716. The number of rotatable bonds is 4. The Morgan fingerprint density at radius 1 is 1.00 bits per heavy atom. The molecule has 1 aromatic heterocycles. The van der Waals surface area contributed by atoms with E-state index in [1.807, 2.05) is 30.3 Å². The van der Waals surface area contributed by atoms with E-state index in [9.17, 15) is 14.4 Å². The van der Waals surface area contributed by atoms with Crippen LogP contribution in [0, 0.1) is 0 Å². The molecule has 0 fully saturated rings. The molecule has 0 saturated carbocycles. The van der Waals surface area contributed by atoms with Crippen LogP contribution in [0.15, 0.2) is 60.8 Å². The van der Waals surface area contributed by atoms with Crippen molar-refractivity contribution < 1.29 is 19.1 Å². The second-order valence-corrected chi connectivity index (χ2v) is 5.48. The zero-order valence-corrected chi connectivity index (χ0v) is 13.6. The van der Waals surface area contributed by atoms with Crippen molar-refractivity contribution in [3.8, 4) is 0 Å². The van der Waals surface area contributed by atoms with Crippen molar-refractivity contribution in [3.05, 3.63) is 72.1 Å². The number of amides is 2. The fourth-order valence-corrected chi connectivity index (χ4v) is 2.54. The minimum Gasteiger partial charge on any atom is -0.452 e. The number of nitrogens with one attached hydrogen (secondary N) is 1. The summed E-state index contributed by atoms with van der Waals surface area (Å²) >= 11 is 0. The zero-order valence-electron chi connectivity index (χ0n) is 13.6. The Morgan fingerprint density at radius 3 is 2.52 bits per heavy atom. The first kappa shape index (κ1) is 16.4. The van der Waals surface area contributed by atoms with E-state index in [-0.39, 0.29) is 0 Å². The highest BCUT2D eigenvalue weighted by atomic mass is 16.5. The number of fused-ring (bicyclic) bond motifs is 1. The summed E-state index contributed by atoms with van der Waals surface area (Å²) in [5.74, 6) is -1.84. The van der Waals surface area contributed by atoms with Gasteiger partial charge in [0, 0.05) is 13.2 Å². The number of carbonyl (C=O) groups is 3. The molecule has 2 amide bonds. The molecule has 0 aliphatic carbocycles. The lowest BCUT2D eigenvalue weighted by Gasteiger charge is -2.08. The molecule has 0 radical (unpaired) electrons. The van der Waals surface area contributed by atoms with E-state index in [0.29, 0.717) is 11.3 Å². The van der Waals surface area contributed by atoms with Crippen LogP contribution < -0.4 is 5.32 Å². The Hall–Kier alpha value is -3.41. The van der Waals surface area contributed by atoms with Crippen LogP contribution in [-0.4, -0.2) is 29.0 Å². The minimum absolute atomic E-state index is 0.341. The van der Waals surface area contributed by atoms with Crippen LogP contribution in [0.5, 0.6) is 0 Å². The van der Waals surface area contributed by atoms with Gasteiger partial charge >= 0.3 is 5.97 Å². The van der Waals surface area contributed by atoms with Crippen molar-refractivity contribution in [1.29, 1.82) is 0 Å². The predicted molar refractivity (Wildman–Crippen MR) is 92.1 cm³/mol. The highest BCUT2D eigenvalue weighted by Crippen LogP contribution is 2.19. The fraction of sp³-hybridized carbons (Fsp3) is 0.105. The number of benzene rings is 2. The van der Waals surface area contributed by atoms with Gasteiger partial charge in [-0.2, -0.15) is 0 Å². The van der Waals surface area contributed by atoms with Crippen LogP contribution in [0.1, 0.15) is 20.8 Å². The number of carbonyl (C=O) groups excluding carboxylic acids is 3. The van der Waals surface area contributed by atoms with E-state index >= 15 is 0 Å². The van der Waals surface area contributed by atoms with Gasteiger partial charge in [-0.05, 0) is 29.0 Å². The molecule has 0 unspecified atom stereocenters. The quantitative estimate of drug-likeness (QED) is 0.742. The van der Waals surface area contributed by atoms with Gasteiger partial charge in [-0.25, -0.2) is 4.79 Å². The maximum Gasteiger partial charge on any atom is 0.339 e. The van der Waals surface area contributed by atoms with Gasteiger partial charge in [-0.3, -0.25) is 14.9 Å². The number of aryl methyl sites for hydroxylation is 1. The van der Waals surface area contributed by atoms with E-state index in [2.05, 4.69) is 5.32 Å². The van der Waals surface area contributed by atoms with Crippen molar-refractivity contribution in [1.82, 2.24) is 9.88 Å². The zero-order chi connectivity index (χ0) is 17.8. The van der Waals surface area contributed by atoms with Crippen molar-refractivity contribution in [2.75, 3.05) is 6.61 Å². The van der Waals surface area contributed by atoms with Crippen molar-refractivity contribution in [2.24, 2.45) is 7.05 Å². The van der Waals surface area contributed by atoms with Gasteiger partial charge < -0.3 is 9.30 Å². The summed E-state index contributed by atoms with van der Waals surface area (Å²) in [6, 6.07) is 15.9. The Bertz CT molecular complexity index is 953. The summed E-state index contributed by atoms with van der Waals surface area (Å²) in [5, 5.41) is 3.84. The van der Waals surface area contributed by atoms with Gasteiger partial charge in [0.15, 0.2) is 6.61 Å². The Kier molecular flexibility index (Phi) is 4.61. The minimum atomic E-state index is -0.681. The molecule has 1 N–H and O–H groups in total. The second-order valence-electron chi connectivity index (χ2n) is 5.48. The van der Waals surface area contributed by atoms with Crippen molar-refractivity contribution in [3.63, 3.8) is 0 Å². The Labute approximate surface area is 144 Å². The molecule has 0 atom stereocenters. The van der Waals surface area contributed by atoms with Gasteiger partial charge in [-0.1, -0.05) is 36.4 Å². The van der Waals surface area contributed by atoms with Crippen LogP contribution in [0.4, 0.5) is 0 Å². The van der Waals surface area contributed by atoms with Gasteiger partial charge in [0.05, 0.1) is 5.56 Å². The normalized spacial score (nSPS) is 10.4. The topological polar surface area (TPSA) is 77.4 Å². The first-order valence-electron chi connectivity index (χ1n) is 7.66. The molecular formula is C19H16N2O4. The lowest BCUT2D eigenvalue weighted by molar-refractivity contribution is -0.123. The summed E-state index contributed by atoms with van der Waals surface area (Å²) in [4.78, 5) is 36.0. The van der Waals surface area contributed by atoms with Crippen molar-refractivity contribution in [2.45, 2.75) is 0 Å². The molecule has 0 aliphatic heterocycles. The van der Waals surface area contributed by atoms with Crippen LogP contribution in [0.3, 0.4) is 0 Å². The lowest BCUT2D eigenvalue weighted by Crippen LogP contribution is -2.35. The molecule has 6 nitrogen and oxygen atoms in total. The number of ether oxygens (including phenoxy) is 1. The Morgan fingerprint density at radius 2 is 1.76 bits per heavy atom. The number of aromatic nitrogens is 1. The van der Waals surface area contributed by atoms with Crippen LogP contribution in [0.25, 0.3) is 10.8 Å². The third kappa shape index (κ3) is 3.58. The van der Waals surface area contributed by atoms with Gasteiger partial charge in [0.1, 0.15) is 5.69 Å². The highest BCUT2D eigenvalue weighted by molar-refractivity contribution is 6.07. The molecule has 0 spiro atoms. The molecule has 126 valence electrons. The number of hydrogen-bond acceptors (Lipinski definition) is 4. The van der Waals surface area contributed by atoms with Crippen LogP contribution in [0.2, 0.25) is 0 Å². The summed E-state index contributed by atoms with van der Waals surface area (Å²) in [6.45, 7) is -0.530. The monoisotopic (exact) mass is 336 g/mol. The molecule has 3 aromatic rings. The van der Waals surface area contributed by atoms with E-state index < -0.39 is 24.4 Å². The van der Waals surface area contributed by atoms with E-state index in [1.165, 1.54) is 0 Å². The van der Waals surface area contributed by atoms with E-state index in [1.54, 1.807) is 42.1 Å². The van der Waals surface area contributed by atoms with Crippen molar-refractivity contribution >= 4 is 28.6 Å². The molecule has 0 saturated heterocycles. The maximum atomic E-state index is 12.2. The third-order valence-electron chi connectivity index (χ3n) is 3.77. The highest BCUT2D eigenvalue weighted by Gasteiger charge is 2.16. The first-order valence-corrected chi connectivity index (χ1v) is 7.66. The fourth-order valence-electron chi connectivity index (χ4n) is 2.54. The number of hydrogen-bond donors (Lipinski definition) is 1. The molecule has 2 aromatic carbocycles. The first-order chi connectivity index (χ1) is 12.1. The summed E-state index contributed by atoms with van der Waals surface area (Å²) < 4.78 is 6.62. The predicted octanol–water partition coefficient (Wildman–Crippen LogP) is 2.29. The summed E-state index contributed by atoms with van der Waals surface area (Å²) in [7, 11) is 1.69. The SMILES string of the molecule is Cn1cccc1C(=O)NC(=O)COC(=O)c1cccc2ccccc12. The molecule has 1 heterocycles. The molecule has 6 heteroatoms. The van der Waals surface area contributed by atoms with Crippen LogP contribution >= 0.6 is 0 Å². The molecule has 3 rings (SSSR count). The molecule has 0 bridgehead atoms. The smallest absolute Gasteiger partial charge is 0.339 e. The number of esters is 1. The lowest BCUT2D eigenvalue weighted by atomic mass is 10.1. The standard InChI is InChI=1S/C19H16N2O4/c1-21-11-5-10-16(21)18(23)20-17(22)12-25-19(24)15-9-4-7-13-6-2-3-8-14(13)15/h2-11H,12H2,1H3,(H,20,22,23). The maximum absolute atomic E-state index is 12.2. The summed E-state index contributed by atoms with van der Waals surface area (Å²) in [6.07, 6.45) is 1.69. The number of imide groups is 1. The number of nitrogens with zero attached hydrogens (tertiary/aromatic N) is 1. The molecular weight excluding hydrogens is 320 g/mol. The van der Waals surface area contributed by atoms with E-state index in [0.717, 1.165) is 10.8 Å². The van der Waals surface area contributed by atoms with E-state index in [4.69, 9.17) is 4.74 Å². The average molecular weight is 336 g/mol. The molecule has 25 heavy (non-hydrogen) atoms.